The maximum Gasteiger partial charge on any atom is 0.242 e. The summed E-state index contributed by atoms with van der Waals surface area (Å²) in [6.45, 7) is 0.476. The van der Waals surface area contributed by atoms with Gasteiger partial charge in [-0.05, 0) is 33.9 Å². The van der Waals surface area contributed by atoms with Crippen molar-refractivity contribution in [3.63, 3.8) is 0 Å². The molecule has 0 aromatic carbocycles. The van der Waals surface area contributed by atoms with Gasteiger partial charge >= 0.3 is 0 Å². The minimum atomic E-state index is -3.55. The molecule has 0 saturated heterocycles. The quantitative estimate of drug-likeness (QED) is 0.374. The molecule has 1 aromatic rings. The van der Waals surface area contributed by atoms with E-state index in [-0.39, 0.29) is 18.0 Å². The highest BCUT2D eigenvalue weighted by Crippen LogP contribution is 2.13. The molecule has 0 unspecified atom stereocenters. The van der Waals surface area contributed by atoms with Crippen LogP contribution in [0.2, 0.25) is 0 Å². The van der Waals surface area contributed by atoms with Gasteiger partial charge in [0, 0.05) is 34.9 Å². The first-order valence-electron chi connectivity index (χ1n) is 4.67. The topological polar surface area (TPSA) is 108 Å². The van der Waals surface area contributed by atoms with E-state index >= 15 is 0 Å². The summed E-state index contributed by atoms with van der Waals surface area (Å²) < 4.78 is 26.5. The molecule has 1 rings (SSSR count). The number of hydrogen-bond donors (Lipinski definition) is 1. The smallest absolute Gasteiger partial charge is 0.242 e. The van der Waals surface area contributed by atoms with Gasteiger partial charge in [0.1, 0.15) is 4.90 Å². The van der Waals surface area contributed by atoms with Crippen molar-refractivity contribution in [2.75, 3.05) is 13.1 Å². The Kier molecular flexibility index (Phi) is 5.36. The number of nitrogens with zero attached hydrogens (tertiary/aromatic N) is 4. The van der Waals surface area contributed by atoms with E-state index in [9.17, 15) is 8.42 Å². The minimum absolute atomic E-state index is 0.0932. The first-order valence-corrected chi connectivity index (χ1v) is 6.95. The third-order valence-electron chi connectivity index (χ3n) is 1.78. The molecule has 0 aliphatic heterocycles. The highest BCUT2D eigenvalue weighted by molar-refractivity contribution is 9.10. The van der Waals surface area contributed by atoms with Gasteiger partial charge in [0.15, 0.2) is 0 Å². The molecule has 0 bridgehead atoms. The Hall–Kier alpha value is -1.15. The summed E-state index contributed by atoms with van der Waals surface area (Å²) >= 11 is 3.15. The largest absolute Gasteiger partial charge is 0.262 e. The van der Waals surface area contributed by atoms with Gasteiger partial charge in [-0.15, -0.1) is 0 Å². The average molecular weight is 320 g/mol. The fourth-order valence-electron chi connectivity index (χ4n) is 1.02. The first kappa shape index (κ1) is 13.9. The Labute approximate surface area is 107 Å². The second kappa shape index (κ2) is 6.55. The molecule has 0 atom stereocenters. The molecular weight excluding hydrogens is 310 g/mol. The van der Waals surface area contributed by atoms with E-state index in [4.69, 9.17) is 5.53 Å². The monoisotopic (exact) mass is 319 g/mol. The summed E-state index contributed by atoms with van der Waals surface area (Å²) in [4.78, 5) is 6.44. The lowest BCUT2D eigenvalue weighted by Gasteiger charge is -2.05. The molecule has 0 radical (unpaired) electrons. The molecule has 92 valence electrons. The Bertz CT molecular complexity index is 526. The Morgan fingerprint density at radius 1 is 1.53 bits per heavy atom. The summed E-state index contributed by atoms with van der Waals surface area (Å²) in [6, 6.07) is 1.46. The highest BCUT2D eigenvalue weighted by atomic mass is 79.9. The van der Waals surface area contributed by atoms with Crippen LogP contribution in [0.15, 0.2) is 32.9 Å². The molecule has 0 fully saturated rings. The van der Waals surface area contributed by atoms with Crippen LogP contribution in [0.3, 0.4) is 0 Å². The fourth-order valence-corrected chi connectivity index (χ4v) is 2.60. The third kappa shape index (κ3) is 4.70. The van der Waals surface area contributed by atoms with E-state index in [0.29, 0.717) is 10.9 Å². The van der Waals surface area contributed by atoms with Gasteiger partial charge in [0.25, 0.3) is 0 Å². The van der Waals surface area contributed by atoms with Gasteiger partial charge < -0.3 is 0 Å². The second-order valence-corrected chi connectivity index (χ2v) is 5.73. The van der Waals surface area contributed by atoms with Crippen molar-refractivity contribution in [2.45, 2.75) is 11.3 Å². The maximum atomic E-state index is 11.7. The van der Waals surface area contributed by atoms with Crippen LogP contribution in [0, 0.1) is 0 Å². The van der Waals surface area contributed by atoms with E-state index < -0.39 is 10.0 Å². The van der Waals surface area contributed by atoms with Crippen molar-refractivity contribution in [3.05, 3.63) is 33.4 Å². The Balaban J connectivity index is 2.60. The van der Waals surface area contributed by atoms with E-state index in [1.54, 1.807) is 0 Å². The van der Waals surface area contributed by atoms with Gasteiger partial charge in [-0.3, -0.25) is 4.98 Å². The van der Waals surface area contributed by atoms with Gasteiger partial charge in [-0.1, -0.05) is 5.11 Å². The van der Waals surface area contributed by atoms with Crippen LogP contribution in [-0.4, -0.2) is 26.5 Å². The number of pyridine rings is 1. The van der Waals surface area contributed by atoms with E-state index in [1.807, 2.05) is 0 Å². The molecule has 0 amide bonds. The lowest BCUT2D eigenvalue weighted by Crippen LogP contribution is -2.25. The molecule has 0 aliphatic rings. The zero-order chi connectivity index (χ0) is 12.7. The van der Waals surface area contributed by atoms with Crippen LogP contribution >= 0.6 is 15.9 Å². The van der Waals surface area contributed by atoms with Crippen molar-refractivity contribution >= 4 is 26.0 Å². The van der Waals surface area contributed by atoms with Gasteiger partial charge in [-0.2, -0.15) is 0 Å². The number of hydrogen-bond acceptors (Lipinski definition) is 4. The second-order valence-electron chi connectivity index (χ2n) is 3.04. The van der Waals surface area contributed by atoms with Crippen molar-refractivity contribution in [2.24, 2.45) is 5.11 Å². The zero-order valence-electron chi connectivity index (χ0n) is 8.74. The Morgan fingerprint density at radius 2 is 2.29 bits per heavy atom. The molecule has 9 heteroatoms. The number of rotatable bonds is 6. The number of nitrogens with one attached hydrogen (secondary N) is 1. The van der Waals surface area contributed by atoms with Gasteiger partial charge in [0.05, 0.1) is 0 Å². The van der Waals surface area contributed by atoms with Crippen LogP contribution < -0.4 is 4.72 Å². The average Bonchev–Trinajstić information content (AvgIpc) is 2.29. The predicted molar refractivity (Wildman–Crippen MR) is 65.8 cm³/mol. The highest BCUT2D eigenvalue weighted by Gasteiger charge is 2.13. The first-order chi connectivity index (χ1) is 8.06. The normalized spacial score (nSPS) is 10.9. The maximum absolute atomic E-state index is 11.7. The van der Waals surface area contributed by atoms with Crippen LogP contribution in [0.4, 0.5) is 0 Å². The van der Waals surface area contributed by atoms with Gasteiger partial charge in [-0.25, -0.2) is 13.1 Å². The van der Waals surface area contributed by atoms with Gasteiger partial charge in [0.2, 0.25) is 10.0 Å². The number of azide groups is 1. The SMILES string of the molecule is [N-]=[N+]=NCCCNS(=O)(=O)c1cncc(Br)c1. The predicted octanol–water partition coefficient (Wildman–Crippen LogP) is 1.82. The minimum Gasteiger partial charge on any atom is -0.262 e. The third-order valence-corrected chi connectivity index (χ3v) is 3.64. The summed E-state index contributed by atoms with van der Waals surface area (Å²) in [5.41, 5.74) is 8.04. The standard InChI is InChI=1S/C8H10BrN5O2S/c9-7-4-8(6-11-5-7)17(15,16)13-3-1-2-12-14-10/h4-6,13H,1-3H2. The number of sulfonamides is 1. The van der Waals surface area contributed by atoms with E-state index in [2.05, 4.69) is 35.7 Å². The van der Waals surface area contributed by atoms with Crippen molar-refractivity contribution < 1.29 is 8.42 Å². The van der Waals surface area contributed by atoms with Crippen molar-refractivity contribution in [1.82, 2.24) is 9.71 Å². The molecule has 1 aromatic heterocycles. The Morgan fingerprint density at radius 3 is 2.94 bits per heavy atom. The lowest BCUT2D eigenvalue weighted by atomic mass is 10.4. The molecule has 0 spiro atoms. The molecule has 0 saturated carbocycles. The number of halogens is 1. The lowest BCUT2D eigenvalue weighted by molar-refractivity contribution is 0.579. The summed E-state index contributed by atoms with van der Waals surface area (Å²) in [7, 11) is -3.55. The molecule has 1 heterocycles. The van der Waals surface area contributed by atoms with Crippen molar-refractivity contribution in [1.29, 1.82) is 0 Å². The molecular formula is C8H10BrN5O2S. The molecule has 1 N–H and O–H groups in total. The van der Waals surface area contributed by atoms with Crippen LogP contribution in [0.1, 0.15) is 6.42 Å². The summed E-state index contributed by atoms with van der Waals surface area (Å²) in [6.07, 6.45) is 3.21. The molecule has 7 nitrogen and oxygen atoms in total. The molecule has 0 aliphatic carbocycles. The molecule has 17 heavy (non-hydrogen) atoms. The van der Waals surface area contributed by atoms with E-state index in [0.717, 1.165) is 0 Å². The van der Waals surface area contributed by atoms with Crippen LogP contribution in [-0.2, 0) is 10.0 Å². The van der Waals surface area contributed by atoms with Crippen molar-refractivity contribution in [3.8, 4) is 0 Å². The number of aromatic nitrogens is 1. The summed E-state index contributed by atoms with van der Waals surface area (Å²) in [5, 5.41) is 3.30. The zero-order valence-corrected chi connectivity index (χ0v) is 11.1. The summed E-state index contributed by atoms with van der Waals surface area (Å²) in [5.74, 6) is 0. The fraction of sp³-hybridized carbons (Fsp3) is 0.375. The van der Waals surface area contributed by atoms with Crippen LogP contribution in [0.25, 0.3) is 10.4 Å². The van der Waals surface area contributed by atoms with Crippen LogP contribution in [0.5, 0.6) is 0 Å². The van der Waals surface area contributed by atoms with E-state index in [1.165, 1.54) is 18.5 Å².